The third kappa shape index (κ3) is 8.00. The maximum absolute atomic E-state index is 11.8. The quantitative estimate of drug-likeness (QED) is 0.662. The molecule has 0 atom stereocenters. The molecule has 2 N–H and O–H groups in total. The fourth-order valence-electron chi connectivity index (χ4n) is 2.49. The van der Waals surface area contributed by atoms with Gasteiger partial charge >= 0.3 is 5.97 Å². The Morgan fingerprint density at radius 2 is 1.92 bits per heavy atom. The highest BCUT2D eigenvalue weighted by Crippen LogP contribution is 2.12. The van der Waals surface area contributed by atoms with Gasteiger partial charge in [0, 0.05) is 26.2 Å². The molecule has 2 rings (SSSR count). The molecule has 1 aliphatic rings. The van der Waals surface area contributed by atoms with Crippen molar-refractivity contribution in [2.24, 2.45) is 0 Å². The molecule has 138 valence electrons. The van der Waals surface area contributed by atoms with Crippen molar-refractivity contribution in [3.8, 4) is 5.75 Å². The number of carbonyl (C=O) groups excluding carboxylic acids is 1. The van der Waals surface area contributed by atoms with Crippen LogP contribution in [-0.2, 0) is 25.5 Å². The second kappa shape index (κ2) is 10.7. The number of carboxylic acids is 1. The third-order valence-corrected chi connectivity index (χ3v) is 3.87. The minimum atomic E-state index is -1.01. The summed E-state index contributed by atoms with van der Waals surface area (Å²) < 4.78 is 16.0. The summed E-state index contributed by atoms with van der Waals surface area (Å²) in [5.41, 5.74) is 1.04. The zero-order valence-corrected chi connectivity index (χ0v) is 14.2. The summed E-state index contributed by atoms with van der Waals surface area (Å²) in [5, 5.41) is 11.4. The molecular formula is C18H25NO6. The molecule has 1 aromatic rings. The Morgan fingerprint density at radius 3 is 2.60 bits per heavy atom. The minimum Gasteiger partial charge on any atom is -0.482 e. The van der Waals surface area contributed by atoms with Crippen molar-refractivity contribution in [3.63, 3.8) is 0 Å². The van der Waals surface area contributed by atoms with E-state index in [9.17, 15) is 9.59 Å². The van der Waals surface area contributed by atoms with Crippen LogP contribution < -0.4 is 10.1 Å². The summed E-state index contributed by atoms with van der Waals surface area (Å²) in [6.45, 7) is 2.09. The average Bonchev–Trinajstić information content (AvgIpc) is 2.62. The van der Waals surface area contributed by atoms with Crippen LogP contribution in [0.25, 0.3) is 0 Å². The Bertz CT molecular complexity index is 539. The van der Waals surface area contributed by atoms with Crippen LogP contribution in [0.3, 0.4) is 0 Å². The monoisotopic (exact) mass is 351 g/mol. The van der Waals surface area contributed by atoms with Gasteiger partial charge in [-0.1, -0.05) is 12.1 Å². The molecule has 1 aromatic carbocycles. The summed E-state index contributed by atoms with van der Waals surface area (Å²) in [6, 6.07) is 7.17. The lowest BCUT2D eigenvalue weighted by molar-refractivity contribution is -0.139. The molecule has 25 heavy (non-hydrogen) atoms. The Morgan fingerprint density at radius 1 is 1.20 bits per heavy atom. The molecule has 0 saturated carbocycles. The molecule has 0 unspecified atom stereocenters. The van der Waals surface area contributed by atoms with Crippen molar-refractivity contribution in [3.05, 3.63) is 29.8 Å². The Labute approximate surface area is 147 Å². The molecule has 0 aromatic heterocycles. The second-order valence-electron chi connectivity index (χ2n) is 5.86. The van der Waals surface area contributed by atoms with Crippen LogP contribution in [0, 0.1) is 0 Å². The first kappa shape index (κ1) is 19.2. The van der Waals surface area contributed by atoms with Crippen molar-refractivity contribution in [1.29, 1.82) is 0 Å². The van der Waals surface area contributed by atoms with Crippen LogP contribution in [0.15, 0.2) is 24.3 Å². The standard InChI is InChI=1S/C18H25NO6/c20-17(8-12-24-16-6-10-23-11-7-16)19-9-5-14-1-3-15(4-2-14)25-13-18(21)22/h1-4,16H,5-13H2,(H,19,20)(H,21,22). The van der Waals surface area contributed by atoms with Gasteiger partial charge in [0.25, 0.3) is 0 Å². The van der Waals surface area contributed by atoms with Gasteiger partial charge in [0.15, 0.2) is 6.61 Å². The van der Waals surface area contributed by atoms with Crippen LogP contribution in [-0.4, -0.2) is 56.1 Å². The van der Waals surface area contributed by atoms with Gasteiger partial charge in [-0.3, -0.25) is 4.79 Å². The molecular weight excluding hydrogens is 326 g/mol. The van der Waals surface area contributed by atoms with E-state index in [1.165, 1.54) is 0 Å². The third-order valence-electron chi connectivity index (χ3n) is 3.87. The molecule has 1 fully saturated rings. The minimum absolute atomic E-state index is 0.0199. The topological polar surface area (TPSA) is 94.1 Å². The maximum atomic E-state index is 11.8. The van der Waals surface area contributed by atoms with Crippen molar-refractivity contribution in [1.82, 2.24) is 5.32 Å². The van der Waals surface area contributed by atoms with Crippen molar-refractivity contribution >= 4 is 11.9 Å². The van der Waals surface area contributed by atoms with Crippen LogP contribution >= 0.6 is 0 Å². The molecule has 1 amide bonds. The number of hydrogen-bond acceptors (Lipinski definition) is 5. The van der Waals surface area contributed by atoms with Crippen molar-refractivity contribution < 1.29 is 28.9 Å². The van der Waals surface area contributed by atoms with Crippen LogP contribution in [0.4, 0.5) is 0 Å². The van der Waals surface area contributed by atoms with Gasteiger partial charge in [0.2, 0.25) is 5.91 Å². The molecule has 0 bridgehead atoms. The molecule has 0 spiro atoms. The fourth-order valence-corrected chi connectivity index (χ4v) is 2.49. The molecule has 7 heteroatoms. The van der Waals surface area contributed by atoms with Gasteiger partial charge in [-0.2, -0.15) is 0 Å². The largest absolute Gasteiger partial charge is 0.482 e. The fraction of sp³-hybridized carbons (Fsp3) is 0.556. The number of ether oxygens (including phenoxy) is 3. The SMILES string of the molecule is O=C(O)COc1ccc(CCNC(=O)CCOC2CCOCC2)cc1. The highest BCUT2D eigenvalue weighted by atomic mass is 16.5. The highest BCUT2D eigenvalue weighted by molar-refractivity contribution is 5.75. The van der Waals surface area contributed by atoms with E-state index in [0.717, 1.165) is 31.6 Å². The molecule has 1 saturated heterocycles. The van der Waals surface area contributed by atoms with Crippen LogP contribution in [0.1, 0.15) is 24.8 Å². The number of rotatable bonds is 10. The van der Waals surface area contributed by atoms with Gasteiger partial charge in [-0.05, 0) is 37.0 Å². The first-order chi connectivity index (χ1) is 12.1. The zero-order chi connectivity index (χ0) is 17.9. The summed E-state index contributed by atoms with van der Waals surface area (Å²) in [4.78, 5) is 22.2. The van der Waals surface area contributed by atoms with E-state index in [0.29, 0.717) is 31.7 Å². The summed E-state index contributed by atoms with van der Waals surface area (Å²) in [6.07, 6.45) is 3.07. The maximum Gasteiger partial charge on any atom is 0.341 e. The van der Waals surface area contributed by atoms with Gasteiger partial charge in [0.05, 0.1) is 12.7 Å². The predicted molar refractivity (Wildman–Crippen MR) is 90.7 cm³/mol. The number of amides is 1. The Kier molecular flexibility index (Phi) is 8.21. The number of carboxylic acid groups (broad SMARTS) is 1. The van der Waals surface area contributed by atoms with Gasteiger partial charge < -0.3 is 24.6 Å². The normalized spacial score (nSPS) is 14.9. The average molecular weight is 351 g/mol. The van der Waals surface area contributed by atoms with Gasteiger partial charge in [-0.15, -0.1) is 0 Å². The highest BCUT2D eigenvalue weighted by Gasteiger charge is 2.14. The van der Waals surface area contributed by atoms with E-state index >= 15 is 0 Å². The Hall–Kier alpha value is -2.12. The summed E-state index contributed by atoms with van der Waals surface area (Å²) in [7, 11) is 0. The van der Waals surface area contributed by atoms with Gasteiger partial charge in [0.1, 0.15) is 5.75 Å². The lowest BCUT2D eigenvalue weighted by Gasteiger charge is -2.22. The first-order valence-corrected chi connectivity index (χ1v) is 8.53. The van der Waals surface area contributed by atoms with Crippen LogP contribution in [0.2, 0.25) is 0 Å². The number of carbonyl (C=O) groups is 2. The van der Waals surface area contributed by atoms with Crippen molar-refractivity contribution in [2.75, 3.05) is 33.0 Å². The van der Waals surface area contributed by atoms with Crippen molar-refractivity contribution in [2.45, 2.75) is 31.8 Å². The zero-order valence-electron chi connectivity index (χ0n) is 14.2. The van der Waals surface area contributed by atoms with E-state index in [2.05, 4.69) is 5.32 Å². The number of hydrogen-bond donors (Lipinski definition) is 2. The van der Waals surface area contributed by atoms with E-state index in [-0.39, 0.29) is 18.6 Å². The molecule has 1 aliphatic heterocycles. The van der Waals surface area contributed by atoms with E-state index in [1.54, 1.807) is 12.1 Å². The number of benzene rings is 1. The summed E-state index contributed by atoms with van der Waals surface area (Å²) >= 11 is 0. The van der Waals surface area contributed by atoms with E-state index in [4.69, 9.17) is 19.3 Å². The summed E-state index contributed by atoms with van der Waals surface area (Å²) in [5.74, 6) is -0.512. The predicted octanol–water partition coefficient (Wildman–Crippen LogP) is 1.39. The number of nitrogens with one attached hydrogen (secondary N) is 1. The van der Waals surface area contributed by atoms with E-state index in [1.807, 2.05) is 12.1 Å². The molecule has 0 aliphatic carbocycles. The second-order valence-corrected chi connectivity index (χ2v) is 5.86. The van der Waals surface area contributed by atoms with E-state index < -0.39 is 5.97 Å². The number of aliphatic carboxylic acids is 1. The van der Waals surface area contributed by atoms with Gasteiger partial charge in [-0.25, -0.2) is 4.79 Å². The molecule has 1 heterocycles. The van der Waals surface area contributed by atoms with Crippen LogP contribution in [0.5, 0.6) is 5.75 Å². The molecule has 0 radical (unpaired) electrons. The first-order valence-electron chi connectivity index (χ1n) is 8.53. The Balaban J connectivity index is 1.56. The smallest absolute Gasteiger partial charge is 0.341 e. The lowest BCUT2D eigenvalue weighted by atomic mass is 10.1. The molecule has 7 nitrogen and oxygen atoms in total. The lowest BCUT2D eigenvalue weighted by Crippen LogP contribution is -2.28.